The van der Waals surface area contributed by atoms with Crippen molar-refractivity contribution in [2.75, 3.05) is 45.8 Å². The lowest BCUT2D eigenvalue weighted by atomic mass is 10.0. The fourth-order valence-electron chi connectivity index (χ4n) is 4.61. The summed E-state index contributed by atoms with van der Waals surface area (Å²) in [6.07, 6.45) is 0. The van der Waals surface area contributed by atoms with Crippen molar-refractivity contribution in [3.05, 3.63) is 65.6 Å². The number of rotatable bonds is 7. The van der Waals surface area contributed by atoms with E-state index in [1.807, 2.05) is 37.3 Å². The van der Waals surface area contributed by atoms with Gasteiger partial charge in [0.25, 0.3) is 5.91 Å². The second-order valence-corrected chi connectivity index (χ2v) is 9.22. The lowest BCUT2D eigenvalue weighted by Gasteiger charge is -2.39. The van der Waals surface area contributed by atoms with Crippen LogP contribution in [0.4, 0.5) is 10.5 Å². The van der Waals surface area contributed by atoms with Crippen LogP contribution in [-0.2, 0) is 4.74 Å². The van der Waals surface area contributed by atoms with E-state index in [9.17, 15) is 14.4 Å². The SMILES string of the molecule is CCOC(=O)c1c(C(=O)N2CCN(C(=O)Nc3ccc(OC)cc3OC)C(C)C2)nc(C)nc1-c1ccccc1. The van der Waals surface area contributed by atoms with Crippen LogP contribution in [0.5, 0.6) is 11.5 Å². The number of anilines is 1. The second-order valence-electron chi connectivity index (χ2n) is 9.22. The Kier molecular flexibility index (Phi) is 8.83. The molecule has 1 aliphatic rings. The molecule has 210 valence electrons. The van der Waals surface area contributed by atoms with Crippen LogP contribution in [0, 0.1) is 6.92 Å². The van der Waals surface area contributed by atoms with Crippen molar-refractivity contribution in [1.29, 1.82) is 0 Å². The van der Waals surface area contributed by atoms with E-state index in [0.717, 1.165) is 0 Å². The zero-order valence-electron chi connectivity index (χ0n) is 23.3. The first-order chi connectivity index (χ1) is 19.3. The number of urea groups is 1. The van der Waals surface area contributed by atoms with Gasteiger partial charge in [0.15, 0.2) is 0 Å². The van der Waals surface area contributed by atoms with Gasteiger partial charge in [-0.2, -0.15) is 0 Å². The molecule has 2 heterocycles. The van der Waals surface area contributed by atoms with Crippen LogP contribution in [0.15, 0.2) is 48.5 Å². The van der Waals surface area contributed by atoms with Crippen molar-refractivity contribution in [2.24, 2.45) is 0 Å². The van der Waals surface area contributed by atoms with Crippen LogP contribution < -0.4 is 14.8 Å². The maximum atomic E-state index is 13.8. The van der Waals surface area contributed by atoms with Gasteiger partial charge in [0.2, 0.25) is 0 Å². The topological polar surface area (TPSA) is 123 Å². The number of carbonyl (C=O) groups excluding carboxylic acids is 3. The summed E-state index contributed by atoms with van der Waals surface area (Å²) in [6.45, 7) is 6.15. The van der Waals surface area contributed by atoms with E-state index in [0.29, 0.717) is 34.3 Å². The lowest BCUT2D eigenvalue weighted by molar-refractivity contribution is 0.0505. The third-order valence-corrected chi connectivity index (χ3v) is 6.58. The zero-order chi connectivity index (χ0) is 28.8. The quantitative estimate of drug-likeness (QED) is 0.440. The number of piperazine rings is 1. The Morgan fingerprint density at radius 1 is 1.02 bits per heavy atom. The van der Waals surface area contributed by atoms with Crippen LogP contribution in [0.25, 0.3) is 11.3 Å². The fraction of sp³-hybridized carbons (Fsp3) is 0.345. The van der Waals surface area contributed by atoms with Crippen LogP contribution >= 0.6 is 0 Å². The Bertz CT molecular complexity index is 1400. The largest absolute Gasteiger partial charge is 0.497 e. The Hall–Kier alpha value is -4.67. The van der Waals surface area contributed by atoms with Crippen LogP contribution in [0.2, 0.25) is 0 Å². The third kappa shape index (κ3) is 5.98. The second kappa shape index (κ2) is 12.5. The van der Waals surface area contributed by atoms with E-state index in [-0.39, 0.29) is 49.6 Å². The number of benzene rings is 2. The highest BCUT2D eigenvalue weighted by molar-refractivity contribution is 6.07. The minimum absolute atomic E-state index is 0.0159. The number of ether oxygens (including phenoxy) is 3. The van der Waals surface area contributed by atoms with Crippen LogP contribution in [-0.4, -0.2) is 84.2 Å². The monoisotopic (exact) mass is 547 g/mol. The first kappa shape index (κ1) is 28.3. The minimum Gasteiger partial charge on any atom is -0.497 e. The molecule has 1 aromatic heterocycles. The van der Waals surface area contributed by atoms with Gasteiger partial charge in [-0.1, -0.05) is 30.3 Å². The molecule has 0 radical (unpaired) electrons. The first-order valence-corrected chi connectivity index (χ1v) is 13.0. The molecule has 1 N–H and O–H groups in total. The number of nitrogens with zero attached hydrogens (tertiary/aromatic N) is 4. The number of carbonyl (C=O) groups is 3. The molecule has 11 heteroatoms. The molecule has 0 aliphatic carbocycles. The van der Waals surface area contributed by atoms with Gasteiger partial charge in [-0.3, -0.25) is 4.79 Å². The molecule has 0 saturated carbocycles. The molecular formula is C29H33N5O6. The Morgan fingerprint density at radius 2 is 1.77 bits per heavy atom. The number of hydrogen-bond donors (Lipinski definition) is 1. The molecule has 3 aromatic rings. The number of aromatic nitrogens is 2. The van der Waals surface area contributed by atoms with Crippen molar-refractivity contribution < 1.29 is 28.6 Å². The molecular weight excluding hydrogens is 514 g/mol. The average molecular weight is 548 g/mol. The first-order valence-electron chi connectivity index (χ1n) is 13.0. The fourth-order valence-corrected chi connectivity index (χ4v) is 4.61. The van der Waals surface area contributed by atoms with Crippen LogP contribution in [0.1, 0.15) is 40.5 Å². The standard InChI is InChI=1S/C29H33N5O6/c1-6-40-28(36)24-25(20-10-8-7-9-11-20)30-19(3)31-26(24)27(35)33-14-15-34(18(2)17-33)29(37)32-22-13-12-21(38-4)16-23(22)39-5/h7-13,16,18H,6,14-15,17H2,1-5H3,(H,32,37). The molecule has 40 heavy (non-hydrogen) atoms. The summed E-state index contributed by atoms with van der Waals surface area (Å²) in [6, 6.07) is 13.6. The van der Waals surface area contributed by atoms with E-state index in [1.54, 1.807) is 49.0 Å². The lowest BCUT2D eigenvalue weighted by Crippen LogP contribution is -2.56. The van der Waals surface area contributed by atoms with E-state index in [1.165, 1.54) is 7.11 Å². The molecule has 1 aliphatic heterocycles. The summed E-state index contributed by atoms with van der Waals surface area (Å²) in [5.41, 5.74) is 1.53. The van der Waals surface area contributed by atoms with E-state index in [4.69, 9.17) is 14.2 Å². The van der Waals surface area contributed by atoms with Crippen molar-refractivity contribution in [3.8, 4) is 22.8 Å². The van der Waals surface area contributed by atoms with Gasteiger partial charge >= 0.3 is 12.0 Å². The predicted molar refractivity (Wildman–Crippen MR) is 149 cm³/mol. The Labute approximate surface area is 233 Å². The number of nitrogens with one attached hydrogen (secondary N) is 1. The molecule has 11 nitrogen and oxygen atoms in total. The maximum Gasteiger partial charge on any atom is 0.342 e. The molecule has 1 atom stereocenters. The highest BCUT2D eigenvalue weighted by atomic mass is 16.5. The molecule has 1 fully saturated rings. The minimum atomic E-state index is -0.663. The predicted octanol–water partition coefficient (Wildman–Crippen LogP) is 4.02. The molecule has 1 unspecified atom stereocenters. The van der Waals surface area contributed by atoms with Gasteiger partial charge in [-0.25, -0.2) is 19.6 Å². The molecule has 0 bridgehead atoms. The summed E-state index contributed by atoms with van der Waals surface area (Å²) in [4.78, 5) is 52.2. The van der Waals surface area contributed by atoms with Crippen LogP contribution in [0.3, 0.4) is 0 Å². The van der Waals surface area contributed by atoms with Gasteiger partial charge in [0.1, 0.15) is 28.6 Å². The van der Waals surface area contributed by atoms with Gasteiger partial charge in [-0.05, 0) is 32.9 Å². The Balaban J connectivity index is 1.56. The molecule has 1 saturated heterocycles. The maximum absolute atomic E-state index is 13.8. The van der Waals surface area contributed by atoms with Crippen molar-refractivity contribution in [1.82, 2.24) is 19.8 Å². The van der Waals surface area contributed by atoms with E-state index in [2.05, 4.69) is 15.3 Å². The van der Waals surface area contributed by atoms with Crippen molar-refractivity contribution in [2.45, 2.75) is 26.8 Å². The van der Waals surface area contributed by atoms with E-state index < -0.39 is 11.9 Å². The molecule has 3 amide bonds. The smallest absolute Gasteiger partial charge is 0.342 e. The molecule has 4 rings (SSSR count). The van der Waals surface area contributed by atoms with Gasteiger partial charge in [-0.15, -0.1) is 0 Å². The summed E-state index contributed by atoms with van der Waals surface area (Å²) in [7, 11) is 3.07. The van der Waals surface area contributed by atoms with Gasteiger partial charge in [0.05, 0.1) is 32.2 Å². The molecule has 2 aromatic carbocycles. The average Bonchev–Trinajstić information content (AvgIpc) is 2.96. The number of esters is 1. The number of aryl methyl sites for hydroxylation is 1. The van der Waals surface area contributed by atoms with Gasteiger partial charge in [0, 0.05) is 37.3 Å². The molecule has 0 spiro atoms. The summed E-state index contributed by atoms with van der Waals surface area (Å²) < 4.78 is 15.9. The van der Waals surface area contributed by atoms with Crippen molar-refractivity contribution >= 4 is 23.6 Å². The van der Waals surface area contributed by atoms with Crippen molar-refractivity contribution in [3.63, 3.8) is 0 Å². The third-order valence-electron chi connectivity index (χ3n) is 6.58. The highest BCUT2D eigenvalue weighted by Crippen LogP contribution is 2.30. The highest BCUT2D eigenvalue weighted by Gasteiger charge is 2.34. The normalized spacial score (nSPS) is 14.9. The number of hydrogen-bond acceptors (Lipinski definition) is 8. The zero-order valence-corrected chi connectivity index (χ0v) is 23.3. The number of amides is 3. The van der Waals surface area contributed by atoms with E-state index >= 15 is 0 Å². The summed E-state index contributed by atoms with van der Waals surface area (Å²) in [5, 5.41) is 2.88. The summed E-state index contributed by atoms with van der Waals surface area (Å²) >= 11 is 0. The van der Waals surface area contributed by atoms with Gasteiger partial charge < -0.3 is 29.3 Å². The Morgan fingerprint density at radius 3 is 2.42 bits per heavy atom. The summed E-state index contributed by atoms with van der Waals surface area (Å²) in [5.74, 6) is 0.343. The number of methoxy groups -OCH3 is 2.